The molecule has 0 aromatic heterocycles. The van der Waals surface area contributed by atoms with Crippen LogP contribution in [0.4, 0.5) is 0 Å². The maximum absolute atomic E-state index is 12.6. The lowest BCUT2D eigenvalue weighted by molar-refractivity contribution is -0.139. The Kier molecular flexibility index (Phi) is 22.9. The molecule has 0 aliphatic carbocycles. The minimum atomic E-state index is -1.28. The molecular weight excluding hydrogens is 578 g/mol. The van der Waals surface area contributed by atoms with E-state index in [0.29, 0.717) is 6.42 Å². The number of thioether (sulfide) groups is 1. The number of carbonyl (C=O) groups is 5. The molecule has 8 N–H and O–H groups in total. The molecule has 0 radical (unpaired) electrons. The van der Waals surface area contributed by atoms with Crippen LogP contribution in [0.3, 0.4) is 0 Å². The summed E-state index contributed by atoms with van der Waals surface area (Å²) in [5.74, 6) is 1.17. The molecule has 0 aromatic rings. The second-order valence-electron chi connectivity index (χ2n) is 9.58. The van der Waals surface area contributed by atoms with Crippen molar-refractivity contribution in [3.8, 4) is 11.8 Å². The first-order chi connectivity index (χ1) is 20.5. The highest BCUT2D eigenvalue weighted by Crippen LogP contribution is 2.22. The van der Waals surface area contributed by atoms with Gasteiger partial charge >= 0.3 is 17.9 Å². The van der Waals surface area contributed by atoms with E-state index in [2.05, 4.69) is 29.4 Å². The van der Waals surface area contributed by atoms with Gasteiger partial charge in [-0.3, -0.25) is 24.0 Å². The van der Waals surface area contributed by atoms with Crippen molar-refractivity contribution in [1.82, 2.24) is 10.6 Å². The van der Waals surface area contributed by atoms with E-state index < -0.39 is 59.7 Å². The maximum atomic E-state index is 12.6. The van der Waals surface area contributed by atoms with Gasteiger partial charge < -0.3 is 36.8 Å². The fourth-order valence-electron chi connectivity index (χ4n) is 3.41. The van der Waals surface area contributed by atoms with Crippen LogP contribution in [-0.2, 0) is 24.0 Å². The summed E-state index contributed by atoms with van der Waals surface area (Å²) < 4.78 is 0. The third kappa shape index (κ3) is 22.6. The van der Waals surface area contributed by atoms with Crippen molar-refractivity contribution in [2.45, 2.75) is 94.6 Å². The van der Waals surface area contributed by atoms with Gasteiger partial charge in [0.1, 0.15) is 18.6 Å². The molecule has 43 heavy (non-hydrogen) atoms. The minimum Gasteiger partial charge on any atom is -0.481 e. The number of hydrogen-bond donors (Lipinski definition) is 7. The average molecular weight is 624 g/mol. The second-order valence-corrected chi connectivity index (χ2v) is 10.8. The first kappa shape index (κ1) is 39.4. The summed E-state index contributed by atoms with van der Waals surface area (Å²) in [6.45, 7) is 1.47. The molecule has 4 atom stereocenters. The standard InChI is InChI=1S/C30H45N3O9S/c1-2-3-4-5-6-7-8-9-10-11-12-13-16-25(24(34)15-14-17-27(36)37)43-21-23(29(40)32-20-28(38)39)33-26(35)19-18-22(31)30(41)42/h9-13,16,22-25,34H,2-5,8,14-15,17-21,31H2,1H3,(H,32,40)(H,33,35)(H,36,37)(H,38,39)(H,41,42)/b10-9-,12-11+,16-13+/t22-,23-,24-,25+/m0/s1. The van der Waals surface area contributed by atoms with E-state index in [0.717, 1.165) is 31.0 Å². The summed E-state index contributed by atoms with van der Waals surface area (Å²) in [4.78, 5) is 57.7. The lowest BCUT2D eigenvalue weighted by atomic mass is 10.1. The molecule has 0 saturated heterocycles. The fourth-order valence-corrected chi connectivity index (χ4v) is 4.62. The molecule has 0 spiro atoms. The van der Waals surface area contributed by atoms with Crippen LogP contribution in [0, 0.1) is 11.8 Å². The lowest BCUT2D eigenvalue weighted by Gasteiger charge is -2.23. The molecule has 2 amide bonds. The molecule has 240 valence electrons. The number of nitrogens with one attached hydrogen (secondary N) is 2. The zero-order valence-corrected chi connectivity index (χ0v) is 25.4. The second kappa shape index (κ2) is 24.9. The molecular formula is C30H45N3O9S. The highest BCUT2D eigenvalue weighted by Gasteiger charge is 2.25. The van der Waals surface area contributed by atoms with Crippen LogP contribution < -0.4 is 16.4 Å². The predicted octanol–water partition coefficient (Wildman–Crippen LogP) is 2.22. The maximum Gasteiger partial charge on any atom is 0.322 e. The van der Waals surface area contributed by atoms with E-state index in [1.807, 2.05) is 12.2 Å². The summed E-state index contributed by atoms with van der Waals surface area (Å²) in [7, 11) is 0. The normalized spacial score (nSPS) is 14.1. The molecule has 13 heteroatoms. The summed E-state index contributed by atoms with van der Waals surface area (Å²) in [6, 6.07) is -2.46. The van der Waals surface area contributed by atoms with Gasteiger partial charge in [0.2, 0.25) is 11.8 Å². The Morgan fingerprint density at radius 2 is 1.63 bits per heavy atom. The quantitative estimate of drug-likeness (QED) is 0.0497. The SMILES string of the molecule is CCCCCC#CC\C=C/C=C/C=C/[C@@H](SC[C@H](NC(=O)CC[C@H](N)C(=O)O)C(=O)NCC(=O)O)[C@@H](O)CCCC(=O)O. The summed E-state index contributed by atoms with van der Waals surface area (Å²) in [5.41, 5.74) is 5.43. The number of unbranched alkanes of at least 4 members (excludes halogenated alkanes) is 3. The molecule has 0 aromatic carbocycles. The molecule has 0 saturated carbocycles. The molecule has 0 rings (SSSR count). The molecule has 0 bridgehead atoms. The first-order valence-electron chi connectivity index (χ1n) is 14.2. The Morgan fingerprint density at radius 1 is 0.907 bits per heavy atom. The highest BCUT2D eigenvalue weighted by molar-refractivity contribution is 8.00. The molecule has 0 unspecified atom stereocenters. The number of carboxylic acids is 3. The minimum absolute atomic E-state index is 0.0618. The van der Waals surface area contributed by atoms with Crippen molar-refractivity contribution in [3.05, 3.63) is 36.5 Å². The van der Waals surface area contributed by atoms with Crippen LogP contribution in [0.1, 0.15) is 71.1 Å². The molecule has 0 heterocycles. The number of amides is 2. The Labute approximate surface area is 257 Å². The fraction of sp³-hybridized carbons (Fsp3) is 0.567. The molecule has 0 fully saturated rings. The van der Waals surface area contributed by atoms with Crippen LogP contribution >= 0.6 is 11.8 Å². The van der Waals surface area contributed by atoms with E-state index in [1.54, 1.807) is 24.3 Å². The van der Waals surface area contributed by atoms with E-state index in [4.69, 9.17) is 21.1 Å². The number of nitrogens with two attached hydrogens (primary N) is 1. The number of carbonyl (C=O) groups excluding carboxylic acids is 2. The predicted molar refractivity (Wildman–Crippen MR) is 165 cm³/mol. The van der Waals surface area contributed by atoms with Gasteiger partial charge in [0, 0.05) is 36.7 Å². The van der Waals surface area contributed by atoms with Gasteiger partial charge in [-0.1, -0.05) is 62.1 Å². The topological polar surface area (TPSA) is 216 Å². The van der Waals surface area contributed by atoms with Crippen molar-refractivity contribution in [2.75, 3.05) is 12.3 Å². The Bertz CT molecular complexity index is 1030. The zero-order valence-electron chi connectivity index (χ0n) is 24.6. The molecule has 0 aliphatic rings. The van der Waals surface area contributed by atoms with Crippen LogP contribution in [0.25, 0.3) is 0 Å². The number of aliphatic carboxylic acids is 3. The van der Waals surface area contributed by atoms with Crippen molar-refractivity contribution in [1.29, 1.82) is 0 Å². The number of aliphatic hydroxyl groups is 1. The van der Waals surface area contributed by atoms with Gasteiger partial charge in [-0.2, -0.15) is 0 Å². The number of rotatable bonds is 23. The largest absolute Gasteiger partial charge is 0.481 e. The third-order valence-electron chi connectivity index (χ3n) is 5.81. The van der Waals surface area contributed by atoms with Crippen LogP contribution in [-0.4, -0.2) is 85.9 Å². The zero-order chi connectivity index (χ0) is 32.5. The van der Waals surface area contributed by atoms with E-state index in [9.17, 15) is 29.1 Å². The Balaban J connectivity index is 5.40. The smallest absolute Gasteiger partial charge is 0.322 e. The first-order valence-corrected chi connectivity index (χ1v) is 15.3. The van der Waals surface area contributed by atoms with E-state index >= 15 is 0 Å². The number of carboxylic acid groups (broad SMARTS) is 3. The number of hydrogen-bond acceptors (Lipinski definition) is 8. The highest BCUT2D eigenvalue weighted by atomic mass is 32.2. The summed E-state index contributed by atoms with van der Waals surface area (Å²) in [5, 5.41) is 41.6. The Hall–Kier alpha value is -3.60. The number of allylic oxidation sites excluding steroid dienone is 5. The van der Waals surface area contributed by atoms with Gasteiger partial charge in [-0.25, -0.2) is 0 Å². The van der Waals surface area contributed by atoms with E-state index in [-0.39, 0.29) is 37.9 Å². The van der Waals surface area contributed by atoms with E-state index in [1.165, 1.54) is 6.42 Å². The van der Waals surface area contributed by atoms with Gasteiger partial charge in [-0.05, 0) is 25.7 Å². The lowest BCUT2D eigenvalue weighted by Crippen LogP contribution is -2.50. The summed E-state index contributed by atoms with van der Waals surface area (Å²) >= 11 is 1.12. The van der Waals surface area contributed by atoms with Gasteiger partial charge in [-0.15, -0.1) is 17.7 Å². The van der Waals surface area contributed by atoms with Crippen molar-refractivity contribution >= 4 is 41.5 Å². The van der Waals surface area contributed by atoms with Gasteiger partial charge in [0.15, 0.2) is 0 Å². The van der Waals surface area contributed by atoms with Gasteiger partial charge in [0.25, 0.3) is 0 Å². The van der Waals surface area contributed by atoms with Crippen LogP contribution in [0.5, 0.6) is 0 Å². The number of aliphatic hydroxyl groups excluding tert-OH is 1. The average Bonchev–Trinajstić information content (AvgIpc) is 2.95. The summed E-state index contributed by atoms with van der Waals surface area (Å²) in [6.07, 6.45) is 14.5. The monoisotopic (exact) mass is 623 g/mol. The Morgan fingerprint density at radius 3 is 2.28 bits per heavy atom. The third-order valence-corrected chi connectivity index (χ3v) is 7.19. The molecule has 0 aliphatic heterocycles. The molecule has 12 nitrogen and oxygen atoms in total. The van der Waals surface area contributed by atoms with Crippen molar-refractivity contribution < 1.29 is 44.4 Å². The van der Waals surface area contributed by atoms with Crippen molar-refractivity contribution in [3.63, 3.8) is 0 Å². The van der Waals surface area contributed by atoms with Crippen molar-refractivity contribution in [2.24, 2.45) is 5.73 Å². The van der Waals surface area contributed by atoms with Crippen LogP contribution in [0.15, 0.2) is 36.5 Å². The van der Waals surface area contributed by atoms with Gasteiger partial charge in [0.05, 0.1) is 6.10 Å². The van der Waals surface area contributed by atoms with Crippen LogP contribution in [0.2, 0.25) is 0 Å².